The molecule has 2 rings (SSSR count). The second-order valence-corrected chi connectivity index (χ2v) is 6.43. The molecule has 0 aliphatic heterocycles. The van der Waals surface area contributed by atoms with Gasteiger partial charge in [0.05, 0.1) is 3.23 Å². The molecule has 7 heavy (non-hydrogen) atoms. The molecule has 0 radical (unpaired) electrons. The number of halogens is 2. The first-order chi connectivity index (χ1) is 3.16. The zero-order chi connectivity index (χ0) is 5.12. The molecule has 2 heteroatoms. The van der Waals surface area contributed by atoms with Crippen molar-refractivity contribution in [1.82, 2.24) is 0 Å². The molecule has 0 saturated heterocycles. The van der Waals surface area contributed by atoms with Crippen molar-refractivity contribution in [3.8, 4) is 0 Å². The van der Waals surface area contributed by atoms with Crippen LogP contribution in [0.4, 0.5) is 0 Å². The van der Waals surface area contributed by atoms with Gasteiger partial charge in [-0.05, 0) is 24.7 Å². The molecule has 0 aromatic carbocycles. The minimum absolute atomic E-state index is 0.382. The zero-order valence-corrected chi connectivity index (χ0v) is 7.05. The van der Waals surface area contributed by atoms with E-state index in [0.717, 1.165) is 5.41 Å². The van der Waals surface area contributed by atoms with Crippen LogP contribution >= 0.6 is 31.9 Å². The van der Waals surface area contributed by atoms with Gasteiger partial charge in [0.1, 0.15) is 0 Å². The molecule has 0 heterocycles. The van der Waals surface area contributed by atoms with E-state index in [4.69, 9.17) is 0 Å². The van der Waals surface area contributed by atoms with Crippen molar-refractivity contribution in [3.63, 3.8) is 0 Å². The number of rotatable bonds is 0. The lowest BCUT2D eigenvalue weighted by atomic mass is 10.4. The molecule has 0 atom stereocenters. The van der Waals surface area contributed by atoms with E-state index in [9.17, 15) is 0 Å². The van der Waals surface area contributed by atoms with Gasteiger partial charge in [0.2, 0.25) is 0 Å². The van der Waals surface area contributed by atoms with Crippen LogP contribution in [-0.4, -0.2) is 3.23 Å². The van der Waals surface area contributed by atoms with Crippen LogP contribution in [0.15, 0.2) is 0 Å². The van der Waals surface area contributed by atoms with Crippen molar-refractivity contribution < 1.29 is 0 Å². The number of hydrogen-bond acceptors (Lipinski definition) is 0. The van der Waals surface area contributed by atoms with Gasteiger partial charge in [0.15, 0.2) is 0 Å². The van der Waals surface area contributed by atoms with E-state index >= 15 is 0 Å². The normalized spacial score (nSPS) is 38.6. The minimum Gasteiger partial charge on any atom is -0.0721 e. The first-order valence-electron chi connectivity index (χ1n) is 2.54. The highest BCUT2D eigenvalue weighted by Crippen LogP contribution is 2.79. The fraction of sp³-hybridized carbons (Fsp3) is 1.00. The summed E-state index contributed by atoms with van der Waals surface area (Å²) in [4.78, 5) is 0. The van der Waals surface area contributed by atoms with E-state index in [1.807, 2.05) is 0 Å². The molecular weight excluding hydrogens is 220 g/mol. The molecule has 2 aliphatic rings. The summed E-state index contributed by atoms with van der Waals surface area (Å²) >= 11 is 7.17. The van der Waals surface area contributed by atoms with Crippen molar-refractivity contribution in [2.45, 2.75) is 22.5 Å². The molecule has 0 bridgehead atoms. The van der Waals surface area contributed by atoms with Gasteiger partial charge < -0.3 is 0 Å². The summed E-state index contributed by atoms with van der Waals surface area (Å²) in [6.45, 7) is 0. The molecule has 0 aromatic heterocycles. The van der Waals surface area contributed by atoms with Crippen LogP contribution in [0.5, 0.6) is 0 Å². The Morgan fingerprint density at radius 3 is 1.57 bits per heavy atom. The Hall–Kier alpha value is 0.960. The van der Waals surface area contributed by atoms with Gasteiger partial charge in [-0.3, -0.25) is 0 Å². The second-order valence-electron chi connectivity index (χ2n) is 2.66. The molecule has 0 unspecified atom stereocenters. The predicted octanol–water partition coefficient (Wildman–Crippen LogP) is 2.66. The summed E-state index contributed by atoms with van der Waals surface area (Å²) in [5.74, 6) is 0. The van der Waals surface area contributed by atoms with Gasteiger partial charge >= 0.3 is 0 Å². The topological polar surface area (TPSA) is 0 Å². The Bertz CT molecular complexity index is 111. The highest BCUT2D eigenvalue weighted by atomic mass is 79.9. The molecule has 0 nitrogen and oxygen atoms in total. The lowest BCUT2D eigenvalue weighted by molar-refractivity contribution is 0.896. The van der Waals surface area contributed by atoms with Crippen LogP contribution in [-0.2, 0) is 0 Å². The van der Waals surface area contributed by atoms with E-state index in [2.05, 4.69) is 31.9 Å². The lowest BCUT2D eigenvalue weighted by Crippen LogP contribution is -1.83. The van der Waals surface area contributed by atoms with Crippen molar-refractivity contribution in [1.29, 1.82) is 0 Å². The summed E-state index contributed by atoms with van der Waals surface area (Å²) in [6, 6.07) is 0. The maximum absolute atomic E-state index is 3.59. The molecule has 0 N–H and O–H groups in total. The number of hydrogen-bond donors (Lipinski definition) is 0. The third-order valence-electron chi connectivity index (χ3n) is 2.06. The highest BCUT2D eigenvalue weighted by Gasteiger charge is 2.71. The highest BCUT2D eigenvalue weighted by molar-refractivity contribution is 9.25. The van der Waals surface area contributed by atoms with E-state index in [0.29, 0.717) is 3.23 Å². The SMILES string of the molecule is BrC1(Br)CC12CC2. The maximum atomic E-state index is 3.59. The zero-order valence-electron chi connectivity index (χ0n) is 3.88. The average molecular weight is 226 g/mol. The first-order valence-corrected chi connectivity index (χ1v) is 4.13. The van der Waals surface area contributed by atoms with Crippen LogP contribution in [0.1, 0.15) is 19.3 Å². The van der Waals surface area contributed by atoms with Crippen molar-refractivity contribution in [2.24, 2.45) is 5.41 Å². The lowest BCUT2D eigenvalue weighted by Gasteiger charge is -1.89. The van der Waals surface area contributed by atoms with Crippen LogP contribution in [0, 0.1) is 5.41 Å². The van der Waals surface area contributed by atoms with Crippen LogP contribution < -0.4 is 0 Å². The monoisotopic (exact) mass is 224 g/mol. The van der Waals surface area contributed by atoms with E-state index in [1.54, 1.807) is 0 Å². The summed E-state index contributed by atoms with van der Waals surface area (Å²) in [5, 5.41) is 0. The van der Waals surface area contributed by atoms with E-state index in [1.165, 1.54) is 19.3 Å². The van der Waals surface area contributed by atoms with Crippen molar-refractivity contribution >= 4 is 31.9 Å². The van der Waals surface area contributed by atoms with Gasteiger partial charge in [0.25, 0.3) is 0 Å². The Morgan fingerprint density at radius 2 is 1.57 bits per heavy atom. The molecule has 2 aliphatic carbocycles. The van der Waals surface area contributed by atoms with E-state index in [-0.39, 0.29) is 0 Å². The average Bonchev–Trinajstić information content (AvgIpc) is 2.22. The van der Waals surface area contributed by atoms with Crippen LogP contribution in [0.3, 0.4) is 0 Å². The third kappa shape index (κ3) is 0.476. The molecule has 2 saturated carbocycles. The largest absolute Gasteiger partial charge is 0.0868 e. The van der Waals surface area contributed by atoms with Crippen LogP contribution in [0.2, 0.25) is 0 Å². The van der Waals surface area contributed by atoms with Gasteiger partial charge in [-0.2, -0.15) is 0 Å². The standard InChI is InChI=1S/C5H6Br2/c6-5(7)3-4(5)1-2-4/h1-3H2. The van der Waals surface area contributed by atoms with Gasteiger partial charge in [0, 0.05) is 0 Å². The summed E-state index contributed by atoms with van der Waals surface area (Å²) < 4.78 is 0.382. The van der Waals surface area contributed by atoms with E-state index < -0.39 is 0 Å². The fourth-order valence-electron chi connectivity index (χ4n) is 1.07. The second kappa shape index (κ2) is 0.971. The summed E-state index contributed by atoms with van der Waals surface area (Å²) in [5.41, 5.74) is 0.729. The molecular formula is C5H6Br2. The molecule has 2 fully saturated rings. The third-order valence-corrected chi connectivity index (χ3v) is 4.31. The van der Waals surface area contributed by atoms with Crippen LogP contribution in [0.25, 0.3) is 0 Å². The smallest absolute Gasteiger partial charge is 0.0721 e. The molecule has 40 valence electrons. The van der Waals surface area contributed by atoms with Crippen molar-refractivity contribution in [3.05, 3.63) is 0 Å². The Kier molecular flexibility index (Phi) is 0.666. The fourth-order valence-corrected chi connectivity index (χ4v) is 2.94. The Labute approximate surface area is 59.9 Å². The quantitative estimate of drug-likeness (QED) is 0.557. The Balaban J connectivity index is 2.22. The Morgan fingerprint density at radius 1 is 1.14 bits per heavy atom. The maximum Gasteiger partial charge on any atom is 0.0868 e. The van der Waals surface area contributed by atoms with Gasteiger partial charge in [-0.15, -0.1) is 0 Å². The summed E-state index contributed by atoms with van der Waals surface area (Å²) in [6.07, 6.45) is 4.22. The predicted molar refractivity (Wildman–Crippen MR) is 36.9 cm³/mol. The van der Waals surface area contributed by atoms with Gasteiger partial charge in [-0.25, -0.2) is 0 Å². The number of alkyl halides is 2. The molecule has 0 amide bonds. The first kappa shape index (κ1) is 4.80. The van der Waals surface area contributed by atoms with Crippen molar-refractivity contribution in [2.75, 3.05) is 0 Å². The molecule has 0 aromatic rings. The summed E-state index contributed by atoms with van der Waals surface area (Å²) in [7, 11) is 0. The van der Waals surface area contributed by atoms with Gasteiger partial charge in [-0.1, -0.05) is 31.9 Å². The minimum atomic E-state index is 0.382. The molecule has 1 spiro atoms.